The summed E-state index contributed by atoms with van der Waals surface area (Å²) in [5.41, 5.74) is 0.890. The Morgan fingerprint density at radius 1 is 1.14 bits per heavy atom. The van der Waals surface area contributed by atoms with Crippen LogP contribution in [0, 0.1) is 5.92 Å². The molecular weight excluding hydrogens is 298 g/mol. The molecule has 0 saturated heterocycles. The molecule has 2 atom stereocenters. The highest BCUT2D eigenvalue weighted by Gasteiger charge is 2.23. The first-order valence-corrected chi connectivity index (χ1v) is 8.03. The number of thiophene rings is 1. The third-order valence-corrected chi connectivity index (χ3v) is 4.33. The van der Waals surface area contributed by atoms with Gasteiger partial charge in [-0.15, -0.1) is 11.3 Å². The number of hydrogen-bond donors (Lipinski definition) is 2. The number of carbonyl (C=O) groups is 2. The summed E-state index contributed by atoms with van der Waals surface area (Å²) < 4.78 is 0. The van der Waals surface area contributed by atoms with Crippen molar-refractivity contribution in [2.75, 3.05) is 0 Å². The number of benzene rings is 1. The third-order valence-electron chi connectivity index (χ3n) is 3.43. The zero-order valence-electron chi connectivity index (χ0n) is 12.4. The summed E-state index contributed by atoms with van der Waals surface area (Å²) in [4.78, 5) is 24.7. The number of carboxylic acids is 1. The molecule has 0 fully saturated rings. The normalized spacial score (nSPS) is 13.3. The summed E-state index contributed by atoms with van der Waals surface area (Å²) >= 11 is 1.60. The lowest BCUT2D eigenvalue weighted by atomic mass is 10.0. The maximum absolute atomic E-state index is 12.2. The summed E-state index contributed by atoms with van der Waals surface area (Å²) in [5, 5.41) is 13.9. The van der Waals surface area contributed by atoms with E-state index in [0.717, 1.165) is 10.4 Å². The first-order valence-electron chi connectivity index (χ1n) is 7.15. The molecule has 0 bridgehead atoms. The van der Waals surface area contributed by atoms with Crippen LogP contribution in [-0.2, 0) is 22.4 Å². The molecular formula is C17H19NO3S. The SMILES string of the molecule is C[C@H](Cc1cccs1)C(=O)N[C@@H](Cc1ccccc1)C(=O)O. The van der Waals surface area contributed by atoms with E-state index in [1.54, 1.807) is 11.3 Å². The lowest BCUT2D eigenvalue weighted by Gasteiger charge is -2.17. The van der Waals surface area contributed by atoms with Crippen LogP contribution in [0.5, 0.6) is 0 Å². The maximum Gasteiger partial charge on any atom is 0.326 e. The molecule has 5 heteroatoms. The van der Waals surface area contributed by atoms with Crippen molar-refractivity contribution in [2.45, 2.75) is 25.8 Å². The number of hydrogen-bond acceptors (Lipinski definition) is 3. The van der Waals surface area contributed by atoms with Gasteiger partial charge in [0.15, 0.2) is 0 Å². The average Bonchev–Trinajstić information content (AvgIpc) is 3.00. The van der Waals surface area contributed by atoms with Crippen LogP contribution in [0.3, 0.4) is 0 Å². The Morgan fingerprint density at radius 2 is 1.86 bits per heavy atom. The molecule has 0 aliphatic rings. The minimum absolute atomic E-state index is 0.225. The molecule has 0 spiro atoms. The molecule has 0 unspecified atom stereocenters. The molecule has 2 N–H and O–H groups in total. The summed E-state index contributed by atoms with van der Waals surface area (Å²) in [5.74, 6) is -1.49. The largest absolute Gasteiger partial charge is 0.480 e. The van der Waals surface area contributed by atoms with Gasteiger partial charge < -0.3 is 10.4 Å². The van der Waals surface area contributed by atoms with E-state index in [0.29, 0.717) is 6.42 Å². The molecule has 0 aliphatic heterocycles. The van der Waals surface area contributed by atoms with Crippen molar-refractivity contribution in [3.8, 4) is 0 Å². The Bertz CT molecular complexity index is 610. The molecule has 2 aromatic rings. The van der Waals surface area contributed by atoms with Crippen LogP contribution >= 0.6 is 11.3 Å². The zero-order valence-corrected chi connectivity index (χ0v) is 13.2. The fourth-order valence-electron chi connectivity index (χ4n) is 2.19. The maximum atomic E-state index is 12.2. The van der Waals surface area contributed by atoms with Gasteiger partial charge in [0, 0.05) is 17.2 Å². The van der Waals surface area contributed by atoms with E-state index in [4.69, 9.17) is 0 Å². The molecule has 1 aromatic heterocycles. The monoisotopic (exact) mass is 317 g/mol. The van der Waals surface area contributed by atoms with Crippen LogP contribution in [0.1, 0.15) is 17.4 Å². The number of nitrogens with one attached hydrogen (secondary N) is 1. The average molecular weight is 317 g/mol. The van der Waals surface area contributed by atoms with Gasteiger partial charge in [0.05, 0.1) is 0 Å². The predicted molar refractivity (Wildman–Crippen MR) is 86.9 cm³/mol. The molecule has 0 saturated carbocycles. The van der Waals surface area contributed by atoms with E-state index < -0.39 is 12.0 Å². The molecule has 22 heavy (non-hydrogen) atoms. The molecule has 1 amide bonds. The van der Waals surface area contributed by atoms with Gasteiger partial charge in [0.2, 0.25) is 5.91 Å². The Hall–Kier alpha value is -2.14. The second kappa shape index (κ2) is 7.75. The Kier molecular flexibility index (Phi) is 5.72. The van der Waals surface area contributed by atoms with Crippen molar-refractivity contribution >= 4 is 23.2 Å². The van der Waals surface area contributed by atoms with Crippen LogP contribution in [0.15, 0.2) is 47.8 Å². The quantitative estimate of drug-likeness (QED) is 0.825. The van der Waals surface area contributed by atoms with Crippen LogP contribution in [-0.4, -0.2) is 23.0 Å². The van der Waals surface area contributed by atoms with Crippen molar-refractivity contribution < 1.29 is 14.7 Å². The Labute approximate surface area is 133 Å². The second-order valence-corrected chi connectivity index (χ2v) is 6.31. The van der Waals surface area contributed by atoms with E-state index in [9.17, 15) is 14.7 Å². The van der Waals surface area contributed by atoms with Gasteiger partial charge in [-0.25, -0.2) is 4.79 Å². The zero-order chi connectivity index (χ0) is 15.9. The lowest BCUT2D eigenvalue weighted by molar-refractivity contribution is -0.142. The van der Waals surface area contributed by atoms with Crippen LogP contribution < -0.4 is 5.32 Å². The van der Waals surface area contributed by atoms with Gasteiger partial charge in [0.25, 0.3) is 0 Å². The molecule has 116 valence electrons. The number of amides is 1. The summed E-state index contributed by atoms with van der Waals surface area (Å²) in [6.07, 6.45) is 0.912. The van der Waals surface area contributed by atoms with Crippen molar-refractivity contribution in [3.63, 3.8) is 0 Å². The fraction of sp³-hybridized carbons (Fsp3) is 0.294. The molecule has 1 aromatic carbocycles. The smallest absolute Gasteiger partial charge is 0.326 e. The minimum atomic E-state index is -1.01. The Morgan fingerprint density at radius 3 is 2.45 bits per heavy atom. The van der Waals surface area contributed by atoms with Gasteiger partial charge in [-0.2, -0.15) is 0 Å². The molecule has 2 rings (SSSR count). The number of carbonyl (C=O) groups excluding carboxylic acids is 1. The van der Waals surface area contributed by atoms with E-state index in [-0.39, 0.29) is 18.2 Å². The van der Waals surface area contributed by atoms with Crippen molar-refractivity contribution in [3.05, 3.63) is 58.3 Å². The first-order chi connectivity index (χ1) is 10.6. The molecule has 0 aliphatic carbocycles. The van der Waals surface area contributed by atoms with E-state index in [2.05, 4.69) is 5.32 Å². The molecule has 4 nitrogen and oxygen atoms in total. The fourth-order valence-corrected chi connectivity index (χ4v) is 3.02. The van der Waals surface area contributed by atoms with Gasteiger partial charge in [-0.3, -0.25) is 4.79 Å². The highest BCUT2D eigenvalue weighted by Crippen LogP contribution is 2.15. The second-order valence-electron chi connectivity index (χ2n) is 5.27. The standard InChI is InChI=1S/C17H19NO3S/c1-12(10-14-8-5-9-22-14)16(19)18-15(17(20)21)11-13-6-3-2-4-7-13/h2-9,12,15H,10-11H2,1H3,(H,18,19)(H,20,21)/t12-,15+/m1/s1. The highest BCUT2D eigenvalue weighted by molar-refractivity contribution is 7.09. The first kappa shape index (κ1) is 16.2. The van der Waals surface area contributed by atoms with Crippen molar-refractivity contribution in [1.82, 2.24) is 5.32 Å². The predicted octanol–water partition coefficient (Wildman–Crippen LogP) is 2.74. The van der Waals surface area contributed by atoms with Gasteiger partial charge in [0.1, 0.15) is 6.04 Å². The van der Waals surface area contributed by atoms with Crippen molar-refractivity contribution in [1.29, 1.82) is 0 Å². The van der Waals surface area contributed by atoms with Crippen LogP contribution in [0.25, 0.3) is 0 Å². The number of aliphatic carboxylic acids is 1. The van der Waals surface area contributed by atoms with Gasteiger partial charge >= 0.3 is 5.97 Å². The summed E-state index contributed by atoms with van der Waals surface area (Å²) in [6, 6.07) is 12.3. The van der Waals surface area contributed by atoms with Crippen molar-refractivity contribution in [2.24, 2.45) is 5.92 Å². The summed E-state index contributed by atoms with van der Waals surface area (Å²) in [6.45, 7) is 1.82. The minimum Gasteiger partial charge on any atom is -0.480 e. The number of carboxylic acid groups (broad SMARTS) is 1. The van der Waals surface area contributed by atoms with Crippen LogP contribution in [0.2, 0.25) is 0 Å². The lowest BCUT2D eigenvalue weighted by Crippen LogP contribution is -2.44. The number of rotatable bonds is 7. The molecule has 0 radical (unpaired) electrons. The van der Waals surface area contributed by atoms with Gasteiger partial charge in [-0.1, -0.05) is 43.3 Å². The topological polar surface area (TPSA) is 66.4 Å². The Balaban J connectivity index is 1.95. The van der Waals surface area contributed by atoms with E-state index in [1.807, 2.05) is 54.8 Å². The third kappa shape index (κ3) is 4.70. The summed E-state index contributed by atoms with van der Waals surface area (Å²) in [7, 11) is 0. The van der Waals surface area contributed by atoms with Crippen LogP contribution in [0.4, 0.5) is 0 Å². The van der Waals surface area contributed by atoms with Gasteiger partial charge in [-0.05, 0) is 23.4 Å². The molecule has 1 heterocycles. The van der Waals surface area contributed by atoms with E-state index in [1.165, 1.54) is 0 Å². The van der Waals surface area contributed by atoms with E-state index >= 15 is 0 Å². The highest BCUT2D eigenvalue weighted by atomic mass is 32.1.